The molecule has 0 N–H and O–H groups in total. The molecule has 0 saturated carbocycles. The van der Waals surface area contributed by atoms with Crippen molar-refractivity contribution < 1.29 is 28.4 Å². The van der Waals surface area contributed by atoms with Gasteiger partial charge in [-0.15, -0.1) is 0 Å². The molecule has 0 unspecified atom stereocenters. The van der Waals surface area contributed by atoms with Crippen molar-refractivity contribution in [3.05, 3.63) is 46.5 Å². The lowest BCUT2D eigenvalue weighted by molar-refractivity contribution is 0.351. The van der Waals surface area contributed by atoms with Gasteiger partial charge < -0.3 is 28.4 Å². The summed E-state index contributed by atoms with van der Waals surface area (Å²) in [5.74, 6) is 4.79. The monoisotopic (exact) mass is 546 g/mol. The molecule has 0 aliphatic carbocycles. The molecule has 0 aliphatic rings. The highest BCUT2D eigenvalue weighted by molar-refractivity contribution is 6.06. The second kappa shape index (κ2) is 11.4. The third-order valence-corrected chi connectivity index (χ3v) is 7.76. The van der Waals surface area contributed by atoms with E-state index in [0.29, 0.717) is 11.5 Å². The second-order valence-corrected chi connectivity index (χ2v) is 10.8. The van der Waals surface area contributed by atoms with Gasteiger partial charge >= 0.3 is 0 Å². The van der Waals surface area contributed by atoms with E-state index in [1.807, 2.05) is 12.1 Å². The van der Waals surface area contributed by atoms with Crippen molar-refractivity contribution in [1.82, 2.24) is 0 Å². The van der Waals surface area contributed by atoms with Crippen molar-refractivity contribution in [2.24, 2.45) is 0 Å². The lowest BCUT2D eigenvalue weighted by Crippen LogP contribution is -2.04. The van der Waals surface area contributed by atoms with Crippen molar-refractivity contribution in [2.75, 3.05) is 42.7 Å². The van der Waals surface area contributed by atoms with Crippen LogP contribution in [0.3, 0.4) is 0 Å². The average Bonchev–Trinajstić information content (AvgIpc) is 2.93. The van der Waals surface area contributed by atoms with Crippen LogP contribution >= 0.6 is 0 Å². The molecule has 4 aromatic rings. The summed E-state index contributed by atoms with van der Waals surface area (Å²) in [7, 11) is 10.1. The number of benzene rings is 4. The Morgan fingerprint density at radius 1 is 0.425 bits per heavy atom. The third kappa shape index (κ3) is 4.43. The third-order valence-electron chi connectivity index (χ3n) is 7.76. The Morgan fingerprint density at radius 3 is 1.00 bits per heavy atom. The van der Waals surface area contributed by atoms with E-state index in [9.17, 15) is 0 Å². The summed E-state index contributed by atoms with van der Waals surface area (Å²) in [6.45, 7) is 12.9. The van der Waals surface area contributed by atoms with Crippen LogP contribution in [0.2, 0.25) is 0 Å². The zero-order valence-electron chi connectivity index (χ0n) is 25.9. The zero-order chi connectivity index (χ0) is 29.5. The van der Waals surface area contributed by atoms with Crippen LogP contribution in [-0.4, -0.2) is 42.7 Å². The van der Waals surface area contributed by atoms with Crippen LogP contribution in [0.4, 0.5) is 0 Å². The Labute approximate surface area is 238 Å². The predicted molar refractivity (Wildman–Crippen MR) is 164 cm³/mol. The zero-order valence-corrected chi connectivity index (χ0v) is 25.9. The summed E-state index contributed by atoms with van der Waals surface area (Å²) in [6, 6.07) is 8.47. The van der Waals surface area contributed by atoms with Crippen molar-refractivity contribution in [2.45, 2.75) is 53.4 Å². The van der Waals surface area contributed by atoms with Gasteiger partial charge in [0.1, 0.15) is 11.5 Å². The van der Waals surface area contributed by atoms with Crippen LogP contribution in [0.1, 0.15) is 61.8 Å². The van der Waals surface area contributed by atoms with Crippen LogP contribution in [0.5, 0.6) is 34.5 Å². The number of aryl methyl sites for hydroxylation is 2. The lowest BCUT2D eigenvalue weighted by atomic mass is 9.85. The maximum atomic E-state index is 6.21. The van der Waals surface area contributed by atoms with Crippen LogP contribution in [0.15, 0.2) is 24.3 Å². The van der Waals surface area contributed by atoms with Gasteiger partial charge in [0, 0.05) is 33.0 Å². The highest BCUT2D eigenvalue weighted by Crippen LogP contribution is 2.53. The van der Waals surface area contributed by atoms with E-state index in [1.165, 1.54) is 0 Å². The smallest absolute Gasteiger partial charge is 0.164 e. The normalized spacial score (nSPS) is 11.4. The number of ether oxygens (including phenoxy) is 6. The van der Waals surface area contributed by atoms with Gasteiger partial charge in [0.25, 0.3) is 0 Å². The Balaban J connectivity index is 2.22. The molecule has 40 heavy (non-hydrogen) atoms. The molecule has 0 heterocycles. The number of fused-ring (bicyclic) bond motifs is 2. The SMILES string of the molecule is COc1cc2c(OC)c(-c3c(C)cc4c(C(C)C)c(OC)c(OC)cc4c3OC)c(C)cc2c(C(C)C)c1OC. The van der Waals surface area contributed by atoms with E-state index < -0.39 is 0 Å². The van der Waals surface area contributed by atoms with Gasteiger partial charge in [0.05, 0.1) is 42.7 Å². The number of hydrogen-bond acceptors (Lipinski definition) is 6. The van der Waals surface area contributed by atoms with Gasteiger partial charge in [0.15, 0.2) is 23.0 Å². The van der Waals surface area contributed by atoms with Crippen molar-refractivity contribution in [3.63, 3.8) is 0 Å². The molecule has 6 nitrogen and oxygen atoms in total. The van der Waals surface area contributed by atoms with Crippen LogP contribution in [-0.2, 0) is 0 Å². The van der Waals surface area contributed by atoms with Crippen LogP contribution < -0.4 is 28.4 Å². The van der Waals surface area contributed by atoms with E-state index in [0.717, 1.165) is 77.9 Å². The molecule has 0 amide bonds. The molecule has 0 fully saturated rings. The maximum absolute atomic E-state index is 6.21. The first-order chi connectivity index (χ1) is 19.1. The fourth-order valence-corrected chi connectivity index (χ4v) is 6.16. The minimum absolute atomic E-state index is 0.205. The Bertz CT molecular complexity index is 1460. The van der Waals surface area contributed by atoms with Crippen LogP contribution in [0.25, 0.3) is 32.7 Å². The lowest BCUT2D eigenvalue weighted by Gasteiger charge is -2.25. The molecule has 214 valence electrons. The van der Waals surface area contributed by atoms with E-state index in [2.05, 4.69) is 53.7 Å². The van der Waals surface area contributed by atoms with Crippen molar-refractivity contribution in [1.29, 1.82) is 0 Å². The van der Waals surface area contributed by atoms with Gasteiger partial charge in [-0.25, -0.2) is 0 Å². The van der Waals surface area contributed by atoms with Crippen molar-refractivity contribution in [3.8, 4) is 45.6 Å². The van der Waals surface area contributed by atoms with Gasteiger partial charge in [-0.2, -0.15) is 0 Å². The predicted octanol–water partition coefficient (Wildman–Crippen LogP) is 8.58. The summed E-state index contributed by atoms with van der Waals surface area (Å²) >= 11 is 0. The van der Waals surface area contributed by atoms with E-state index in [1.54, 1.807) is 42.7 Å². The highest BCUT2D eigenvalue weighted by atomic mass is 16.5. The van der Waals surface area contributed by atoms with E-state index in [-0.39, 0.29) is 11.8 Å². The molecule has 0 aliphatic heterocycles. The standard InChI is InChI=1S/C34H42O6/c1-17(2)27-21-13-19(5)29(31(37-9)23(21)15-25(35-7)33(27)39-11)30-20(6)14-22-24(32(30)38-10)16-26(36-8)34(40-12)28(22)18(3)4/h13-18H,1-12H3. The van der Waals surface area contributed by atoms with E-state index in [4.69, 9.17) is 28.4 Å². The molecule has 0 saturated heterocycles. The quantitative estimate of drug-likeness (QED) is 0.210. The Kier molecular flexibility index (Phi) is 8.29. The minimum Gasteiger partial charge on any atom is -0.495 e. The number of hydrogen-bond donors (Lipinski definition) is 0. The molecule has 4 rings (SSSR count). The largest absolute Gasteiger partial charge is 0.495 e. The first-order valence-corrected chi connectivity index (χ1v) is 13.6. The molecule has 0 aromatic heterocycles. The van der Waals surface area contributed by atoms with Gasteiger partial charge in [-0.1, -0.05) is 39.8 Å². The maximum Gasteiger partial charge on any atom is 0.164 e. The number of rotatable bonds is 9. The van der Waals surface area contributed by atoms with Gasteiger partial charge in [0.2, 0.25) is 0 Å². The average molecular weight is 547 g/mol. The van der Waals surface area contributed by atoms with Gasteiger partial charge in [-0.05, 0) is 59.7 Å². The Hall–Kier alpha value is -3.80. The minimum atomic E-state index is 0.205. The highest BCUT2D eigenvalue weighted by Gasteiger charge is 2.28. The molecule has 4 aromatic carbocycles. The first kappa shape index (κ1) is 29.2. The Morgan fingerprint density at radius 2 is 0.750 bits per heavy atom. The summed E-state index contributed by atoms with van der Waals surface area (Å²) in [5, 5.41) is 4.08. The summed E-state index contributed by atoms with van der Waals surface area (Å²) < 4.78 is 35.7. The molecule has 6 heteroatoms. The fourth-order valence-electron chi connectivity index (χ4n) is 6.16. The molecule has 0 radical (unpaired) electrons. The first-order valence-electron chi connectivity index (χ1n) is 13.6. The molecular formula is C34H42O6. The summed E-state index contributed by atoms with van der Waals surface area (Å²) in [5.41, 5.74) is 6.28. The summed E-state index contributed by atoms with van der Waals surface area (Å²) in [6.07, 6.45) is 0. The number of methoxy groups -OCH3 is 6. The molecule has 0 bridgehead atoms. The molecule has 0 atom stereocenters. The second-order valence-electron chi connectivity index (χ2n) is 10.8. The van der Waals surface area contributed by atoms with Gasteiger partial charge in [-0.3, -0.25) is 0 Å². The fraction of sp³-hybridized carbons (Fsp3) is 0.412. The van der Waals surface area contributed by atoms with E-state index >= 15 is 0 Å². The topological polar surface area (TPSA) is 55.4 Å². The summed E-state index contributed by atoms with van der Waals surface area (Å²) in [4.78, 5) is 0. The molecule has 0 spiro atoms. The van der Waals surface area contributed by atoms with Crippen LogP contribution in [0, 0.1) is 13.8 Å². The molecular weight excluding hydrogens is 504 g/mol. The van der Waals surface area contributed by atoms with Crippen molar-refractivity contribution >= 4 is 21.5 Å².